The molecule has 2 rings (SSSR count). The van der Waals surface area contributed by atoms with Crippen molar-refractivity contribution in [1.29, 1.82) is 0 Å². The fourth-order valence-corrected chi connectivity index (χ4v) is 6.81. The van der Waals surface area contributed by atoms with Gasteiger partial charge < -0.3 is 10.2 Å². The smallest absolute Gasteiger partial charge is 0.0576 e. The van der Waals surface area contributed by atoms with Gasteiger partial charge in [0.25, 0.3) is 0 Å². The molecule has 3 heteroatoms. The minimum absolute atomic E-state index is 0.121. The van der Waals surface area contributed by atoms with E-state index < -0.39 is 0 Å². The SMILES string of the molecule is CC(C)C1CC(SC2CC(C(C)(C)C)C(O)CC2C)C(C)CC1O. The highest BCUT2D eigenvalue weighted by Crippen LogP contribution is 2.48. The fraction of sp³-hybridized carbons (Fsp3) is 1.00. The first-order valence-electron chi connectivity index (χ1n) is 10.0. The first-order chi connectivity index (χ1) is 11.0. The van der Waals surface area contributed by atoms with Crippen molar-refractivity contribution in [1.82, 2.24) is 0 Å². The van der Waals surface area contributed by atoms with E-state index in [2.05, 4.69) is 60.2 Å². The Morgan fingerprint density at radius 1 is 0.833 bits per heavy atom. The molecule has 0 bridgehead atoms. The van der Waals surface area contributed by atoms with Crippen LogP contribution >= 0.6 is 11.8 Å². The van der Waals surface area contributed by atoms with Crippen LogP contribution in [0, 0.1) is 35.0 Å². The maximum Gasteiger partial charge on any atom is 0.0576 e. The van der Waals surface area contributed by atoms with Crippen molar-refractivity contribution in [3.8, 4) is 0 Å². The summed E-state index contributed by atoms with van der Waals surface area (Å²) in [6, 6.07) is 0. The molecule has 0 aromatic rings. The molecule has 8 unspecified atom stereocenters. The Hall–Kier alpha value is 0.270. The molecular formula is C21H40O2S. The third-order valence-corrected chi connectivity index (χ3v) is 8.78. The second-order valence-electron chi connectivity index (χ2n) is 10.1. The van der Waals surface area contributed by atoms with Crippen molar-refractivity contribution in [2.45, 2.75) is 96.9 Å². The van der Waals surface area contributed by atoms with Crippen LogP contribution < -0.4 is 0 Å². The Balaban J connectivity index is 2.05. The Labute approximate surface area is 154 Å². The number of thioether (sulfide) groups is 1. The van der Waals surface area contributed by atoms with Gasteiger partial charge in [-0.2, -0.15) is 11.8 Å². The third kappa shape index (κ3) is 4.71. The summed E-state index contributed by atoms with van der Waals surface area (Å²) in [5.41, 5.74) is 0.174. The van der Waals surface area contributed by atoms with Crippen LogP contribution in [0.2, 0.25) is 0 Å². The lowest BCUT2D eigenvalue weighted by Gasteiger charge is -2.46. The van der Waals surface area contributed by atoms with E-state index in [9.17, 15) is 10.2 Å². The molecule has 0 aliphatic heterocycles. The van der Waals surface area contributed by atoms with Gasteiger partial charge in [0.1, 0.15) is 0 Å². The molecule has 0 saturated heterocycles. The quantitative estimate of drug-likeness (QED) is 0.750. The molecule has 2 N–H and O–H groups in total. The summed E-state index contributed by atoms with van der Waals surface area (Å²) in [6.45, 7) is 16.0. The second kappa shape index (κ2) is 7.88. The van der Waals surface area contributed by atoms with Gasteiger partial charge in [0, 0.05) is 10.5 Å². The largest absolute Gasteiger partial charge is 0.393 e. The summed E-state index contributed by atoms with van der Waals surface area (Å²) >= 11 is 2.18. The molecule has 24 heavy (non-hydrogen) atoms. The van der Waals surface area contributed by atoms with Gasteiger partial charge in [0.05, 0.1) is 12.2 Å². The molecule has 2 saturated carbocycles. The van der Waals surface area contributed by atoms with Crippen LogP contribution in [0.25, 0.3) is 0 Å². The number of aliphatic hydroxyl groups excluding tert-OH is 2. The number of rotatable bonds is 3. The van der Waals surface area contributed by atoms with Crippen molar-refractivity contribution in [3.63, 3.8) is 0 Å². The fourth-order valence-electron chi connectivity index (χ4n) is 4.95. The van der Waals surface area contributed by atoms with Gasteiger partial charge in [-0.1, -0.05) is 48.5 Å². The monoisotopic (exact) mass is 356 g/mol. The molecule has 0 aromatic carbocycles. The van der Waals surface area contributed by atoms with Crippen molar-refractivity contribution >= 4 is 11.8 Å². The lowest BCUT2D eigenvalue weighted by Crippen LogP contribution is -2.44. The number of aliphatic hydroxyl groups is 2. The minimum atomic E-state index is -0.147. The maximum atomic E-state index is 10.6. The topological polar surface area (TPSA) is 40.5 Å². The molecule has 0 heterocycles. The molecular weight excluding hydrogens is 316 g/mol. The first kappa shape index (κ1) is 20.6. The summed E-state index contributed by atoms with van der Waals surface area (Å²) < 4.78 is 0. The van der Waals surface area contributed by atoms with Crippen LogP contribution in [0.15, 0.2) is 0 Å². The summed E-state index contributed by atoms with van der Waals surface area (Å²) in [7, 11) is 0. The molecule has 8 atom stereocenters. The standard InChI is InChI=1S/C21H40O2S/c1-12(2)15-10-19(13(3)8-17(15)22)24-20-11-16(21(5,6)7)18(23)9-14(20)4/h12-20,22-23H,8-11H2,1-7H3. The summed E-state index contributed by atoms with van der Waals surface area (Å²) in [4.78, 5) is 0. The highest BCUT2D eigenvalue weighted by molar-refractivity contribution is 8.00. The van der Waals surface area contributed by atoms with E-state index in [1.807, 2.05) is 0 Å². The Morgan fingerprint density at radius 2 is 1.33 bits per heavy atom. The lowest BCUT2D eigenvalue weighted by molar-refractivity contribution is -0.00328. The first-order valence-corrected chi connectivity index (χ1v) is 11.0. The van der Waals surface area contributed by atoms with Gasteiger partial charge in [-0.25, -0.2) is 0 Å². The molecule has 2 nitrogen and oxygen atoms in total. The number of hydrogen-bond acceptors (Lipinski definition) is 3. The van der Waals surface area contributed by atoms with Gasteiger partial charge >= 0.3 is 0 Å². The summed E-state index contributed by atoms with van der Waals surface area (Å²) in [5, 5.41) is 22.3. The Morgan fingerprint density at radius 3 is 1.83 bits per heavy atom. The molecule has 2 aliphatic rings. The van der Waals surface area contributed by atoms with Crippen molar-refractivity contribution in [2.75, 3.05) is 0 Å². The highest BCUT2D eigenvalue weighted by atomic mass is 32.2. The van der Waals surface area contributed by atoms with Gasteiger partial charge in [0.2, 0.25) is 0 Å². The minimum Gasteiger partial charge on any atom is -0.393 e. The zero-order valence-electron chi connectivity index (χ0n) is 16.8. The zero-order valence-corrected chi connectivity index (χ0v) is 17.6. The molecule has 0 radical (unpaired) electrons. The average molecular weight is 357 g/mol. The van der Waals surface area contributed by atoms with E-state index in [4.69, 9.17) is 0 Å². The van der Waals surface area contributed by atoms with Crippen molar-refractivity contribution in [2.24, 2.45) is 35.0 Å². The number of hydrogen-bond donors (Lipinski definition) is 2. The van der Waals surface area contributed by atoms with Gasteiger partial charge in [-0.05, 0) is 60.7 Å². The van der Waals surface area contributed by atoms with E-state index in [-0.39, 0.29) is 17.6 Å². The van der Waals surface area contributed by atoms with Crippen molar-refractivity contribution in [3.05, 3.63) is 0 Å². The molecule has 2 fully saturated rings. The van der Waals surface area contributed by atoms with Crippen LogP contribution in [0.1, 0.15) is 74.1 Å². The van der Waals surface area contributed by atoms with E-state index in [0.29, 0.717) is 40.1 Å². The van der Waals surface area contributed by atoms with Crippen LogP contribution in [0.5, 0.6) is 0 Å². The van der Waals surface area contributed by atoms with Crippen LogP contribution in [-0.4, -0.2) is 32.9 Å². The molecule has 142 valence electrons. The van der Waals surface area contributed by atoms with E-state index in [1.54, 1.807) is 0 Å². The maximum absolute atomic E-state index is 10.6. The third-order valence-electron chi connectivity index (χ3n) is 6.76. The second-order valence-corrected chi connectivity index (χ2v) is 11.6. The molecule has 2 aliphatic carbocycles. The molecule has 0 amide bonds. The summed E-state index contributed by atoms with van der Waals surface area (Å²) in [5.74, 6) is 2.58. The Bertz CT molecular complexity index is 403. The zero-order chi connectivity index (χ0) is 18.2. The molecule has 0 spiro atoms. The van der Waals surface area contributed by atoms with Gasteiger partial charge in [0.15, 0.2) is 0 Å². The normalized spacial score (nSPS) is 44.8. The Kier molecular flexibility index (Phi) is 6.76. The average Bonchev–Trinajstić information content (AvgIpc) is 2.42. The van der Waals surface area contributed by atoms with Crippen LogP contribution in [0.3, 0.4) is 0 Å². The van der Waals surface area contributed by atoms with E-state index in [1.165, 1.54) is 0 Å². The van der Waals surface area contributed by atoms with Crippen LogP contribution in [-0.2, 0) is 0 Å². The predicted octanol–water partition coefficient (Wildman–Crippen LogP) is 4.97. The predicted molar refractivity (Wildman–Crippen MR) is 105 cm³/mol. The lowest BCUT2D eigenvalue weighted by atomic mass is 9.68. The highest BCUT2D eigenvalue weighted by Gasteiger charge is 2.43. The van der Waals surface area contributed by atoms with Crippen LogP contribution in [0.4, 0.5) is 0 Å². The summed E-state index contributed by atoms with van der Waals surface area (Å²) in [6.07, 6.45) is 3.91. The van der Waals surface area contributed by atoms with Crippen molar-refractivity contribution < 1.29 is 10.2 Å². The van der Waals surface area contributed by atoms with E-state index >= 15 is 0 Å². The van der Waals surface area contributed by atoms with Gasteiger partial charge in [-0.3, -0.25) is 0 Å². The van der Waals surface area contributed by atoms with Gasteiger partial charge in [-0.15, -0.1) is 0 Å². The molecule has 0 aromatic heterocycles. The van der Waals surface area contributed by atoms with E-state index in [0.717, 1.165) is 25.7 Å².